The van der Waals surface area contributed by atoms with Crippen LogP contribution >= 0.6 is 0 Å². The number of hydrogen-bond acceptors (Lipinski definition) is 7. The van der Waals surface area contributed by atoms with E-state index < -0.39 is 0 Å². The Balaban J connectivity index is 1.59. The molecule has 0 aliphatic heterocycles. The molecule has 8 heteroatoms. The molecule has 0 atom stereocenters. The summed E-state index contributed by atoms with van der Waals surface area (Å²) in [7, 11) is 1.38. The summed E-state index contributed by atoms with van der Waals surface area (Å²) >= 11 is 0. The highest BCUT2D eigenvalue weighted by Crippen LogP contribution is 2.21. The zero-order valence-corrected chi connectivity index (χ0v) is 16.7. The predicted molar refractivity (Wildman–Crippen MR) is 105 cm³/mol. The fourth-order valence-corrected chi connectivity index (χ4v) is 3.13. The number of Topliss-reactive ketones (excluding diaryl/α,β-unsaturated/α-hetero) is 1. The minimum absolute atomic E-state index is 0.0631. The molecule has 0 fully saturated rings. The monoisotopic (exact) mass is 397 g/mol. The Bertz CT molecular complexity index is 975. The highest BCUT2D eigenvalue weighted by atomic mass is 16.5. The van der Waals surface area contributed by atoms with Crippen molar-refractivity contribution in [3.63, 3.8) is 0 Å². The van der Waals surface area contributed by atoms with E-state index in [-0.39, 0.29) is 18.4 Å². The van der Waals surface area contributed by atoms with E-state index in [2.05, 4.69) is 14.9 Å². The minimum Gasteiger partial charge on any atom is -0.485 e. The lowest BCUT2D eigenvalue weighted by atomic mass is 10.1. The second kappa shape index (κ2) is 9.18. The number of ether oxygens (including phenoxy) is 2. The number of carbonyl (C=O) groups is 2. The van der Waals surface area contributed by atoms with Gasteiger partial charge in [0, 0.05) is 35.5 Å². The SMILES string of the molecule is COC(=O)CCCn1c(C)cc(C(=O)COc2ccc(-c3nnco3)cc2)c1C. The summed E-state index contributed by atoms with van der Waals surface area (Å²) in [6.07, 6.45) is 2.27. The van der Waals surface area contributed by atoms with Crippen LogP contribution in [0.5, 0.6) is 5.75 Å². The number of rotatable bonds is 9. The Labute approximate surface area is 168 Å². The Kier molecular flexibility index (Phi) is 6.43. The predicted octanol–water partition coefficient (Wildman–Crippen LogP) is 3.37. The van der Waals surface area contributed by atoms with Gasteiger partial charge in [-0.25, -0.2) is 0 Å². The van der Waals surface area contributed by atoms with Crippen LogP contribution in [0.25, 0.3) is 11.5 Å². The van der Waals surface area contributed by atoms with E-state index in [1.807, 2.05) is 24.5 Å². The van der Waals surface area contributed by atoms with E-state index in [0.29, 0.717) is 36.6 Å². The normalized spacial score (nSPS) is 10.7. The van der Waals surface area contributed by atoms with Gasteiger partial charge in [0.25, 0.3) is 0 Å². The first-order chi connectivity index (χ1) is 14.0. The van der Waals surface area contributed by atoms with Crippen molar-refractivity contribution in [1.82, 2.24) is 14.8 Å². The molecule has 0 amide bonds. The highest BCUT2D eigenvalue weighted by Gasteiger charge is 2.16. The van der Waals surface area contributed by atoms with E-state index in [9.17, 15) is 9.59 Å². The van der Waals surface area contributed by atoms with Crippen molar-refractivity contribution >= 4 is 11.8 Å². The van der Waals surface area contributed by atoms with Gasteiger partial charge >= 0.3 is 5.97 Å². The number of ketones is 1. The summed E-state index contributed by atoms with van der Waals surface area (Å²) in [5.41, 5.74) is 3.24. The van der Waals surface area contributed by atoms with Crippen molar-refractivity contribution in [2.75, 3.05) is 13.7 Å². The van der Waals surface area contributed by atoms with Gasteiger partial charge in [-0.15, -0.1) is 10.2 Å². The molecule has 1 aromatic carbocycles. The lowest BCUT2D eigenvalue weighted by Gasteiger charge is -2.10. The molecular weight excluding hydrogens is 374 g/mol. The molecule has 0 bridgehead atoms. The van der Waals surface area contributed by atoms with Gasteiger partial charge in [-0.05, 0) is 50.6 Å². The van der Waals surface area contributed by atoms with Crippen molar-refractivity contribution in [1.29, 1.82) is 0 Å². The van der Waals surface area contributed by atoms with Gasteiger partial charge < -0.3 is 18.5 Å². The van der Waals surface area contributed by atoms with Crippen LogP contribution in [0.15, 0.2) is 41.1 Å². The zero-order chi connectivity index (χ0) is 20.8. The van der Waals surface area contributed by atoms with Crippen LogP contribution in [-0.4, -0.2) is 40.2 Å². The molecule has 2 heterocycles. The number of hydrogen-bond donors (Lipinski definition) is 0. The number of carbonyl (C=O) groups excluding carboxylic acids is 2. The molecule has 0 radical (unpaired) electrons. The lowest BCUT2D eigenvalue weighted by molar-refractivity contribution is -0.140. The number of esters is 1. The number of aromatic nitrogens is 3. The Morgan fingerprint density at radius 1 is 1.17 bits per heavy atom. The maximum Gasteiger partial charge on any atom is 0.305 e. The molecule has 0 aliphatic rings. The fourth-order valence-electron chi connectivity index (χ4n) is 3.13. The van der Waals surface area contributed by atoms with E-state index in [1.54, 1.807) is 24.3 Å². The molecule has 2 aromatic heterocycles. The van der Waals surface area contributed by atoms with Crippen molar-refractivity contribution in [2.24, 2.45) is 0 Å². The average Bonchev–Trinajstić information content (AvgIpc) is 3.36. The van der Waals surface area contributed by atoms with Gasteiger partial charge in [-0.1, -0.05) is 0 Å². The van der Waals surface area contributed by atoms with Crippen molar-refractivity contribution in [3.05, 3.63) is 53.7 Å². The Morgan fingerprint density at radius 3 is 2.59 bits per heavy atom. The molecule has 3 rings (SSSR count). The first-order valence-corrected chi connectivity index (χ1v) is 9.25. The van der Waals surface area contributed by atoms with Crippen molar-refractivity contribution < 1.29 is 23.5 Å². The maximum absolute atomic E-state index is 12.6. The molecule has 0 unspecified atom stereocenters. The maximum atomic E-state index is 12.6. The molecule has 8 nitrogen and oxygen atoms in total. The molecule has 29 heavy (non-hydrogen) atoms. The summed E-state index contributed by atoms with van der Waals surface area (Å²) in [5, 5.41) is 7.49. The fraction of sp³-hybridized carbons (Fsp3) is 0.333. The highest BCUT2D eigenvalue weighted by molar-refractivity contribution is 5.98. The third kappa shape index (κ3) is 4.90. The molecule has 0 saturated carbocycles. The van der Waals surface area contributed by atoms with E-state index in [0.717, 1.165) is 17.0 Å². The van der Waals surface area contributed by atoms with E-state index >= 15 is 0 Å². The first-order valence-electron chi connectivity index (χ1n) is 9.25. The number of benzene rings is 1. The summed E-state index contributed by atoms with van der Waals surface area (Å²) in [5.74, 6) is 0.668. The topological polar surface area (TPSA) is 96.5 Å². The van der Waals surface area contributed by atoms with Crippen LogP contribution < -0.4 is 4.74 Å². The molecule has 0 aliphatic carbocycles. The third-order valence-corrected chi connectivity index (χ3v) is 4.70. The number of methoxy groups -OCH3 is 1. The summed E-state index contributed by atoms with van der Waals surface area (Å²) in [6, 6.07) is 8.95. The minimum atomic E-state index is -0.234. The van der Waals surface area contributed by atoms with Gasteiger partial charge in [0.1, 0.15) is 5.75 Å². The van der Waals surface area contributed by atoms with Gasteiger partial charge in [0.15, 0.2) is 6.61 Å². The van der Waals surface area contributed by atoms with Gasteiger partial charge in [-0.2, -0.15) is 0 Å². The number of nitrogens with zero attached hydrogens (tertiary/aromatic N) is 3. The summed E-state index contributed by atoms with van der Waals surface area (Å²) < 4.78 is 17.5. The van der Waals surface area contributed by atoms with Crippen LogP contribution in [0.1, 0.15) is 34.6 Å². The smallest absolute Gasteiger partial charge is 0.305 e. The summed E-state index contributed by atoms with van der Waals surface area (Å²) in [6.45, 7) is 4.43. The molecule has 0 saturated heterocycles. The van der Waals surface area contributed by atoms with E-state index in [1.165, 1.54) is 13.5 Å². The van der Waals surface area contributed by atoms with Crippen LogP contribution in [-0.2, 0) is 16.1 Å². The van der Waals surface area contributed by atoms with Crippen LogP contribution in [0, 0.1) is 13.8 Å². The Hall–Kier alpha value is -3.42. The number of aryl methyl sites for hydroxylation is 1. The second-order valence-corrected chi connectivity index (χ2v) is 6.60. The first kappa shape index (κ1) is 20.3. The molecule has 0 N–H and O–H groups in total. The average molecular weight is 397 g/mol. The van der Waals surface area contributed by atoms with Gasteiger partial charge in [0.2, 0.25) is 18.1 Å². The van der Waals surface area contributed by atoms with Crippen LogP contribution in [0.4, 0.5) is 0 Å². The van der Waals surface area contributed by atoms with Crippen LogP contribution in [0.3, 0.4) is 0 Å². The van der Waals surface area contributed by atoms with Crippen LogP contribution in [0.2, 0.25) is 0 Å². The van der Waals surface area contributed by atoms with Crippen molar-refractivity contribution in [3.8, 4) is 17.2 Å². The lowest BCUT2D eigenvalue weighted by Crippen LogP contribution is -2.13. The van der Waals surface area contributed by atoms with Gasteiger partial charge in [0.05, 0.1) is 7.11 Å². The largest absolute Gasteiger partial charge is 0.485 e. The standard InChI is InChI=1S/C21H23N3O5/c1-14-11-18(15(2)24(14)10-4-5-20(26)27-3)19(25)12-28-17-8-6-16(7-9-17)21-23-22-13-29-21/h6-9,11,13H,4-5,10,12H2,1-3H3. The van der Waals surface area contributed by atoms with Crippen molar-refractivity contribution in [2.45, 2.75) is 33.2 Å². The Morgan fingerprint density at radius 2 is 1.93 bits per heavy atom. The second-order valence-electron chi connectivity index (χ2n) is 6.60. The molecule has 152 valence electrons. The zero-order valence-electron chi connectivity index (χ0n) is 16.7. The summed E-state index contributed by atoms with van der Waals surface area (Å²) in [4.78, 5) is 23.9. The third-order valence-electron chi connectivity index (χ3n) is 4.70. The molecular formula is C21H23N3O5. The molecule has 0 spiro atoms. The molecule has 3 aromatic rings. The van der Waals surface area contributed by atoms with E-state index in [4.69, 9.17) is 9.15 Å². The quantitative estimate of drug-likeness (QED) is 0.403. The van der Waals surface area contributed by atoms with Gasteiger partial charge in [-0.3, -0.25) is 9.59 Å².